The van der Waals surface area contributed by atoms with Crippen molar-refractivity contribution in [2.75, 3.05) is 51.2 Å². The highest BCUT2D eigenvalue weighted by atomic mass is 16.6. The van der Waals surface area contributed by atoms with Crippen LogP contribution in [-0.4, -0.2) is 94.5 Å². The van der Waals surface area contributed by atoms with Gasteiger partial charge >= 0.3 is 6.09 Å². The molecular formula is C27H31N7O4. The summed E-state index contributed by atoms with van der Waals surface area (Å²) in [6.45, 7) is 6.04. The smallest absolute Gasteiger partial charge is 0.410 e. The molecule has 5 heterocycles. The van der Waals surface area contributed by atoms with E-state index in [1.165, 1.54) is 0 Å². The first-order chi connectivity index (χ1) is 18.6. The van der Waals surface area contributed by atoms with E-state index in [4.69, 9.17) is 14.5 Å². The third kappa shape index (κ3) is 4.94. The van der Waals surface area contributed by atoms with Gasteiger partial charge in [0.1, 0.15) is 0 Å². The topological polar surface area (TPSA) is 113 Å². The second-order valence-corrected chi connectivity index (χ2v) is 9.70. The highest BCUT2D eigenvalue weighted by Crippen LogP contribution is 2.27. The number of hydrogen-bond acceptors (Lipinski definition) is 8. The first-order valence-corrected chi connectivity index (χ1v) is 13.1. The number of carbonyl (C=O) groups excluding carboxylic acids is 2. The maximum atomic E-state index is 13.1. The Balaban J connectivity index is 1.14. The quantitative estimate of drug-likeness (QED) is 0.531. The van der Waals surface area contributed by atoms with Crippen LogP contribution in [0.3, 0.4) is 0 Å². The van der Waals surface area contributed by atoms with Gasteiger partial charge in [0.2, 0.25) is 5.95 Å². The Morgan fingerprint density at radius 2 is 1.92 bits per heavy atom. The van der Waals surface area contributed by atoms with Crippen molar-refractivity contribution >= 4 is 34.9 Å². The van der Waals surface area contributed by atoms with E-state index in [9.17, 15) is 9.59 Å². The zero-order valence-electron chi connectivity index (χ0n) is 21.3. The highest BCUT2D eigenvalue weighted by Gasteiger charge is 2.33. The number of nitrogens with zero attached hydrogens (tertiary/aromatic N) is 5. The molecule has 2 aromatic heterocycles. The predicted molar refractivity (Wildman–Crippen MR) is 141 cm³/mol. The molecule has 2 amide bonds. The summed E-state index contributed by atoms with van der Waals surface area (Å²) < 4.78 is 12.8. The van der Waals surface area contributed by atoms with Crippen LogP contribution in [-0.2, 0) is 9.47 Å². The summed E-state index contributed by atoms with van der Waals surface area (Å²) >= 11 is 0. The van der Waals surface area contributed by atoms with Crippen LogP contribution in [0.15, 0.2) is 48.7 Å². The number of rotatable bonds is 5. The van der Waals surface area contributed by atoms with Crippen molar-refractivity contribution in [2.24, 2.45) is 0 Å². The minimum absolute atomic E-state index is 0.0227. The molecule has 2 N–H and O–H groups in total. The van der Waals surface area contributed by atoms with Crippen LogP contribution in [0.25, 0.3) is 11.2 Å². The minimum Gasteiger partial charge on any atom is -0.450 e. The van der Waals surface area contributed by atoms with Crippen molar-refractivity contribution in [2.45, 2.75) is 25.6 Å². The molecule has 11 heteroatoms. The summed E-state index contributed by atoms with van der Waals surface area (Å²) in [5, 5.41) is 11.2. The number of fused-ring (bicyclic) bond motifs is 3. The van der Waals surface area contributed by atoms with E-state index in [2.05, 4.69) is 15.7 Å². The molecule has 2 saturated heterocycles. The number of benzene rings is 1. The molecule has 6 rings (SSSR count). The van der Waals surface area contributed by atoms with Crippen molar-refractivity contribution < 1.29 is 19.1 Å². The van der Waals surface area contributed by atoms with Crippen molar-refractivity contribution in [3.05, 3.63) is 59.8 Å². The zero-order chi connectivity index (χ0) is 26.1. The Morgan fingerprint density at radius 3 is 2.63 bits per heavy atom. The van der Waals surface area contributed by atoms with Crippen molar-refractivity contribution in [1.82, 2.24) is 29.7 Å². The van der Waals surface area contributed by atoms with Crippen molar-refractivity contribution in [3.63, 3.8) is 0 Å². The molecular weight excluding hydrogens is 486 g/mol. The number of ether oxygens (including phenoxy) is 2. The summed E-state index contributed by atoms with van der Waals surface area (Å²) in [4.78, 5) is 33.4. The van der Waals surface area contributed by atoms with E-state index in [0.717, 1.165) is 35.6 Å². The van der Waals surface area contributed by atoms with E-state index >= 15 is 0 Å². The Hall–Kier alpha value is -3.96. The number of morpholine rings is 2. The van der Waals surface area contributed by atoms with E-state index < -0.39 is 0 Å². The first kappa shape index (κ1) is 24.4. The fourth-order valence-corrected chi connectivity index (χ4v) is 5.23. The van der Waals surface area contributed by atoms with Crippen molar-refractivity contribution in [3.8, 4) is 0 Å². The molecule has 2 fully saturated rings. The van der Waals surface area contributed by atoms with Gasteiger partial charge in [0.15, 0.2) is 5.65 Å². The Kier molecular flexibility index (Phi) is 6.69. The average molecular weight is 518 g/mol. The number of anilines is 2. The standard InChI is InChI=1S/C27H31N7O4/c1-2-37-27(36)32-12-9-18(10-13-32)23-4-3-11-34-24(23)30-26(31-34)29-20-7-5-19(6-8-20)25(35)33-16-21-14-28-15-22(17-33)38-21/h3-9,11,21-22,28H,2,10,12-17H2,1H3,(H,29,31). The average Bonchev–Trinajstić information content (AvgIpc) is 3.35. The lowest BCUT2D eigenvalue weighted by atomic mass is 10.0. The summed E-state index contributed by atoms with van der Waals surface area (Å²) in [5.74, 6) is 0.490. The molecule has 198 valence electrons. The van der Waals surface area contributed by atoms with Crippen LogP contribution in [0, 0.1) is 0 Å². The number of hydrogen-bond donors (Lipinski definition) is 2. The maximum absolute atomic E-state index is 13.1. The summed E-state index contributed by atoms with van der Waals surface area (Å²) in [5.41, 5.74) is 4.30. The number of carbonyl (C=O) groups is 2. The van der Waals surface area contributed by atoms with Gasteiger partial charge in [-0.15, -0.1) is 5.10 Å². The van der Waals surface area contributed by atoms with Gasteiger partial charge in [0.05, 0.1) is 18.8 Å². The van der Waals surface area contributed by atoms with E-state index in [0.29, 0.717) is 50.7 Å². The van der Waals surface area contributed by atoms with Crippen LogP contribution in [0.2, 0.25) is 0 Å². The fourth-order valence-electron chi connectivity index (χ4n) is 5.23. The lowest BCUT2D eigenvalue weighted by molar-refractivity contribution is -0.0930. The van der Waals surface area contributed by atoms with Crippen LogP contribution in [0.4, 0.5) is 16.4 Å². The second kappa shape index (κ2) is 10.4. The molecule has 38 heavy (non-hydrogen) atoms. The largest absolute Gasteiger partial charge is 0.450 e. The van der Waals surface area contributed by atoms with Gasteiger partial charge in [-0.05, 0) is 55.3 Å². The van der Waals surface area contributed by atoms with Gasteiger partial charge in [0, 0.05) is 62.3 Å². The molecule has 3 aliphatic rings. The predicted octanol–water partition coefficient (Wildman–Crippen LogP) is 2.53. The minimum atomic E-state index is -0.285. The van der Waals surface area contributed by atoms with Crippen LogP contribution in [0.1, 0.15) is 29.3 Å². The summed E-state index contributed by atoms with van der Waals surface area (Å²) in [7, 11) is 0. The van der Waals surface area contributed by atoms with E-state index in [-0.39, 0.29) is 24.2 Å². The number of pyridine rings is 1. The number of aromatic nitrogens is 3. The Labute approximate surface area is 220 Å². The molecule has 2 atom stereocenters. The van der Waals surface area contributed by atoms with Gasteiger partial charge in [0.25, 0.3) is 5.91 Å². The lowest BCUT2D eigenvalue weighted by Crippen LogP contribution is -2.59. The summed E-state index contributed by atoms with van der Waals surface area (Å²) in [6.07, 6.45) is 4.45. The van der Waals surface area contributed by atoms with Gasteiger partial charge < -0.3 is 29.9 Å². The third-order valence-electron chi connectivity index (χ3n) is 7.10. The number of amides is 2. The molecule has 3 aliphatic heterocycles. The maximum Gasteiger partial charge on any atom is 0.410 e. The van der Waals surface area contributed by atoms with Gasteiger partial charge in [-0.2, -0.15) is 4.98 Å². The first-order valence-electron chi connectivity index (χ1n) is 13.1. The molecule has 11 nitrogen and oxygen atoms in total. The molecule has 3 aromatic rings. The molecule has 2 bridgehead atoms. The zero-order valence-corrected chi connectivity index (χ0v) is 21.3. The lowest BCUT2D eigenvalue weighted by Gasteiger charge is -2.41. The molecule has 2 unspecified atom stereocenters. The summed E-state index contributed by atoms with van der Waals surface area (Å²) in [6, 6.07) is 11.4. The third-order valence-corrected chi connectivity index (χ3v) is 7.10. The van der Waals surface area contributed by atoms with Gasteiger partial charge in [-0.25, -0.2) is 9.31 Å². The Bertz CT molecular complexity index is 1360. The van der Waals surface area contributed by atoms with Gasteiger partial charge in [-0.3, -0.25) is 4.79 Å². The molecule has 0 spiro atoms. The SMILES string of the molecule is CCOC(=O)N1CC=C(c2cccn3nc(Nc4ccc(C(=O)N5CC6CNCC(C5)O6)cc4)nc23)CC1. The fraction of sp³-hybridized carbons (Fsp3) is 0.407. The Morgan fingerprint density at radius 1 is 1.13 bits per heavy atom. The van der Waals surface area contributed by atoms with E-state index in [1.807, 2.05) is 60.5 Å². The van der Waals surface area contributed by atoms with Crippen LogP contribution < -0.4 is 10.6 Å². The van der Waals surface area contributed by atoms with Crippen LogP contribution in [0.5, 0.6) is 0 Å². The second-order valence-electron chi connectivity index (χ2n) is 9.70. The highest BCUT2D eigenvalue weighted by molar-refractivity contribution is 5.94. The molecule has 0 saturated carbocycles. The monoisotopic (exact) mass is 517 g/mol. The van der Waals surface area contributed by atoms with E-state index in [1.54, 1.807) is 9.42 Å². The molecule has 1 aromatic carbocycles. The number of nitrogens with one attached hydrogen (secondary N) is 2. The van der Waals surface area contributed by atoms with Crippen molar-refractivity contribution in [1.29, 1.82) is 0 Å². The van der Waals surface area contributed by atoms with Crippen LogP contribution >= 0.6 is 0 Å². The normalized spacial score (nSPS) is 21.2. The van der Waals surface area contributed by atoms with Gasteiger partial charge in [-0.1, -0.05) is 6.08 Å². The molecule has 0 aliphatic carbocycles. The molecule has 0 radical (unpaired) electrons.